The van der Waals surface area contributed by atoms with Crippen LogP contribution < -0.4 is 10.1 Å². The number of rotatable bonds is 6. The molecule has 3 aromatic rings. The Labute approximate surface area is 157 Å². The van der Waals surface area contributed by atoms with Crippen LogP contribution in [0, 0.1) is 0 Å². The molecule has 0 aliphatic rings. The lowest BCUT2D eigenvalue weighted by Gasteiger charge is -2.25. The highest BCUT2D eigenvalue weighted by Gasteiger charge is 2.22. The zero-order valence-corrected chi connectivity index (χ0v) is 16.3. The van der Waals surface area contributed by atoms with Crippen molar-refractivity contribution < 1.29 is 13.9 Å². The molecule has 3 rings (SSSR count). The monoisotopic (exact) mass is 372 g/mol. The topological polar surface area (TPSA) is 54.7 Å². The minimum Gasteiger partial charge on any atom is -0.490 e. The summed E-state index contributed by atoms with van der Waals surface area (Å²) in [5.74, 6) is 1.43. The second kappa shape index (κ2) is 7.83. The Morgan fingerprint density at radius 1 is 1.31 bits per heavy atom. The molecule has 0 aliphatic carbocycles. The van der Waals surface area contributed by atoms with E-state index in [-0.39, 0.29) is 18.1 Å². The third-order valence-corrected chi connectivity index (χ3v) is 5.49. The van der Waals surface area contributed by atoms with Crippen LogP contribution in [0.4, 0.5) is 4.79 Å². The first kappa shape index (κ1) is 18.3. The summed E-state index contributed by atoms with van der Waals surface area (Å²) in [6.45, 7) is 6.45. The molecule has 0 saturated heterocycles. The van der Waals surface area contributed by atoms with Crippen LogP contribution in [0.2, 0.25) is 0 Å². The molecule has 1 aromatic carbocycles. The van der Waals surface area contributed by atoms with Crippen molar-refractivity contribution in [1.29, 1.82) is 0 Å². The molecular formula is C20H24N2O3S. The fraction of sp³-hybridized carbons (Fsp3) is 0.350. The number of fused-ring (bicyclic) bond motifs is 1. The van der Waals surface area contributed by atoms with Gasteiger partial charge in [0.25, 0.3) is 0 Å². The van der Waals surface area contributed by atoms with Crippen molar-refractivity contribution in [1.82, 2.24) is 10.2 Å². The number of nitrogens with one attached hydrogen (secondary N) is 1. The Bertz CT molecular complexity index is 872. The average Bonchev–Trinajstić information content (AvgIpc) is 3.30. The molecule has 0 spiro atoms. The lowest BCUT2D eigenvalue weighted by molar-refractivity contribution is 0.190. The van der Waals surface area contributed by atoms with Crippen molar-refractivity contribution in [3.8, 4) is 5.75 Å². The summed E-state index contributed by atoms with van der Waals surface area (Å²) in [5.41, 5.74) is 0.714. The van der Waals surface area contributed by atoms with E-state index >= 15 is 0 Å². The first-order valence-electron chi connectivity index (χ1n) is 8.73. The maximum absolute atomic E-state index is 12.6. The van der Waals surface area contributed by atoms with Crippen molar-refractivity contribution in [2.75, 3.05) is 13.7 Å². The van der Waals surface area contributed by atoms with Crippen LogP contribution in [0.15, 0.2) is 46.2 Å². The van der Waals surface area contributed by atoms with Gasteiger partial charge < -0.3 is 19.4 Å². The van der Waals surface area contributed by atoms with Crippen LogP contribution in [0.3, 0.4) is 0 Å². The van der Waals surface area contributed by atoms with Crippen LogP contribution in [-0.4, -0.2) is 24.6 Å². The first-order valence-corrected chi connectivity index (χ1v) is 9.61. The van der Waals surface area contributed by atoms with Gasteiger partial charge in [0.05, 0.1) is 18.7 Å². The third kappa shape index (κ3) is 3.70. The number of thiophene rings is 1. The van der Waals surface area contributed by atoms with Gasteiger partial charge >= 0.3 is 6.03 Å². The van der Waals surface area contributed by atoms with E-state index < -0.39 is 0 Å². The number of benzene rings is 1. The Balaban J connectivity index is 1.73. The largest absolute Gasteiger partial charge is 0.490 e. The minimum atomic E-state index is -0.248. The minimum absolute atomic E-state index is 0.0161. The molecule has 0 aliphatic heterocycles. The van der Waals surface area contributed by atoms with Crippen LogP contribution >= 0.6 is 11.3 Å². The molecular weight excluding hydrogens is 348 g/mol. The van der Waals surface area contributed by atoms with Gasteiger partial charge in [-0.05, 0) is 44.4 Å². The second-order valence-corrected chi connectivity index (χ2v) is 7.21. The summed E-state index contributed by atoms with van der Waals surface area (Å²) in [5, 5.41) is 5.99. The zero-order chi connectivity index (χ0) is 18.7. The van der Waals surface area contributed by atoms with Crippen molar-refractivity contribution in [3.63, 3.8) is 0 Å². The van der Waals surface area contributed by atoms with Crippen molar-refractivity contribution in [2.24, 2.45) is 0 Å². The van der Waals surface area contributed by atoms with E-state index in [1.54, 1.807) is 23.3 Å². The molecule has 1 N–H and O–H groups in total. The van der Waals surface area contributed by atoms with Crippen LogP contribution in [0.1, 0.15) is 43.5 Å². The summed E-state index contributed by atoms with van der Waals surface area (Å²) in [7, 11) is 1.80. The van der Waals surface area contributed by atoms with E-state index in [4.69, 9.17) is 9.15 Å². The molecule has 2 unspecified atom stereocenters. The van der Waals surface area contributed by atoms with E-state index in [0.29, 0.717) is 18.0 Å². The molecule has 26 heavy (non-hydrogen) atoms. The number of urea groups is 1. The number of nitrogens with zero attached hydrogens (tertiary/aromatic N) is 1. The van der Waals surface area contributed by atoms with Gasteiger partial charge in [-0.15, -0.1) is 11.3 Å². The lowest BCUT2D eigenvalue weighted by Crippen LogP contribution is -2.39. The van der Waals surface area contributed by atoms with Gasteiger partial charge in [-0.2, -0.15) is 0 Å². The predicted molar refractivity (Wildman–Crippen MR) is 105 cm³/mol. The van der Waals surface area contributed by atoms with Gasteiger partial charge in [-0.3, -0.25) is 0 Å². The molecule has 2 amide bonds. The summed E-state index contributed by atoms with van der Waals surface area (Å²) in [6.07, 6.45) is 0. The van der Waals surface area contributed by atoms with Crippen molar-refractivity contribution in [3.05, 3.63) is 52.4 Å². The van der Waals surface area contributed by atoms with Crippen LogP contribution in [-0.2, 0) is 0 Å². The summed E-state index contributed by atoms with van der Waals surface area (Å²) >= 11 is 1.65. The number of hydrogen-bond donors (Lipinski definition) is 1. The Morgan fingerprint density at radius 3 is 2.81 bits per heavy atom. The van der Waals surface area contributed by atoms with Gasteiger partial charge in [0.15, 0.2) is 11.3 Å². The van der Waals surface area contributed by atoms with E-state index in [9.17, 15) is 4.79 Å². The Kier molecular flexibility index (Phi) is 5.52. The van der Waals surface area contributed by atoms with Gasteiger partial charge in [-0.25, -0.2) is 4.79 Å². The highest BCUT2D eigenvalue weighted by Crippen LogP contribution is 2.31. The number of ether oxygens (including phenoxy) is 1. The summed E-state index contributed by atoms with van der Waals surface area (Å²) < 4.78 is 11.6. The lowest BCUT2D eigenvalue weighted by atomic mass is 10.2. The normalized spacial score (nSPS) is 13.4. The number of carbonyl (C=O) groups excluding carboxylic acids is 1. The molecule has 2 atom stereocenters. The van der Waals surface area contributed by atoms with Crippen molar-refractivity contribution >= 4 is 28.3 Å². The number of para-hydroxylation sites is 1. The average molecular weight is 372 g/mol. The van der Waals surface area contributed by atoms with Crippen LogP contribution in [0.25, 0.3) is 11.0 Å². The molecule has 0 fully saturated rings. The quantitative estimate of drug-likeness (QED) is 0.634. The SMILES string of the molecule is CCOc1cccc2cc(C(C)NC(=O)N(C)C(C)c3cccs3)oc12. The predicted octanol–water partition coefficient (Wildman–Crippen LogP) is 5.36. The van der Waals surface area contributed by atoms with Crippen LogP contribution in [0.5, 0.6) is 5.75 Å². The fourth-order valence-corrected chi connectivity index (χ4v) is 3.62. The molecule has 0 bridgehead atoms. The van der Waals surface area contributed by atoms with Gasteiger partial charge in [0.1, 0.15) is 5.76 Å². The Hall–Kier alpha value is -2.47. The van der Waals surface area contributed by atoms with E-state index in [1.807, 2.05) is 62.5 Å². The molecule has 0 radical (unpaired) electrons. The molecule has 2 aromatic heterocycles. The van der Waals surface area contributed by atoms with E-state index in [2.05, 4.69) is 5.32 Å². The number of furan rings is 1. The highest BCUT2D eigenvalue weighted by atomic mass is 32.1. The van der Waals surface area contributed by atoms with Gasteiger partial charge in [-0.1, -0.05) is 18.2 Å². The number of amides is 2. The maximum atomic E-state index is 12.6. The molecule has 6 heteroatoms. The summed E-state index contributed by atoms with van der Waals surface area (Å²) in [6, 6.07) is 11.4. The first-order chi connectivity index (χ1) is 12.5. The van der Waals surface area contributed by atoms with Gasteiger partial charge in [0, 0.05) is 17.3 Å². The smallest absolute Gasteiger partial charge is 0.318 e. The second-order valence-electron chi connectivity index (χ2n) is 6.23. The highest BCUT2D eigenvalue weighted by molar-refractivity contribution is 7.10. The van der Waals surface area contributed by atoms with Gasteiger partial charge in [0.2, 0.25) is 0 Å². The number of carbonyl (C=O) groups is 1. The number of hydrogen-bond acceptors (Lipinski definition) is 4. The van der Waals surface area contributed by atoms with Crippen molar-refractivity contribution in [2.45, 2.75) is 32.9 Å². The standard InChI is InChI=1S/C20H24N2O3S/c1-5-24-16-9-6-8-15-12-17(25-19(15)16)13(2)21-20(23)22(4)14(3)18-10-7-11-26-18/h6-14H,5H2,1-4H3,(H,21,23). The molecule has 5 nitrogen and oxygen atoms in total. The molecule has 138 valence electrons. The zero-order valence-electron chi connectivity index (χ0n) is 15.5. The van der Waals surface area contributed by atoms with E-state index in [1.165, 1.54) is 0 Å². The Morgan fingerprint density at radius 2 is 2.12 bits per heavy atom. The fourth-order valence-electron chi connectivity index (χ4n) is 2.79. The summed E-state index contributed by atoms with van der Waals surface area (Å²) in [4.78, 5) is 15.5. The maximum Gasteiger partial charge on any atom is 0.318 e. The van der Waals surface area contributed by atoms with E-state index in [0.717, 1.165) is 16.0 Å². The third-order valence-electron chi connectivity index (χ3n) is 4.45. The molecule has 2 heterocycles. The molecule has 0 saturated carbocycles.